The molecule has 162 valence electrons. The van der Waals surface area contributed by atoms with Crippen LogP contribution >= 0.6 is 27.5 Å². The van der Waals surface area contributed by atoms with Gasteiger partial charge in [0.05, 0.1) is 6.54 Å². The fraction of sp³-hybridized carbons (Fsp3) is 0.320. The van der Waals surface area contributed by atoms with Gasteiger partial charge in [0.25, 0.3) is 0 Å². The van der Waals surface area contributed by atoms with Crippen LogP contribution in [0.15, 0.2) is 71.3 Å². The van der Waals surface area contributed by atoms with Crippen LogP contribution < -0.4 is 5.32 Å². The second-order valence-corrected chi connectivity index (χ2v) is 9.40. The second kappa shape index (κ2) is 10.4. The van der Waals surface area contributed by atoms with E-state index in [1.165, 1.54) is 19.3 Å². The van der Waals surface area contributed by atoms with Crippen molar-refractivity contribution in [3.05, 3.63) is 87.6 Å². The molecule has 6 heteroatoms. The lowest BCUT2D eigenvalue weighted by Gasteiger charge is -2.34. The maximum atomic E-state index is 13.3. The number of anilines is 1. The van der Waals surface area contributed by atoms with Crippen molar-refractivity contribution in [1.29, 1.82) is 0 Å². The van der Waals surface area contributed by atoms with Crippen LogP contribution in [0.3, 0.4) is 0 Å². The lowest BCUT2D eigenvalue weighted by molar-refractivity contribution is 0.161. The van der Waals surface area contributed by atoms with Crippen molar-refractivity contribution in [3.8, 4) is 0 Å². The Kier molecular flexibility index (Phi) is 7.36. The number of benzene rings is 2. The summed E-state index contributed by atoms with van der Waals surface area (Å²) in [7, 11) is 0. The van der Waals surface area contributed by atoms with Gasteiger partial charge in [0.1, 0.15) is 0 Å². The Morgan fingerprint density at radius 1 is 1.03 bits per heavy atom. The van der Waals surface area contributed by atoms with Gasteiger partial charge in [0.2, 0.25) is 0 Å². The number of aromatic nitrogens is 1. The first-order chi connectivity index (χ1) is 15.1. The highest BCUT2D eigenvalue weighted by Crippen LogP contribution is 2.26. The standard InChI is InChI=1S/C25H27BrClN3O/c26-20-12-14-21(15-13-20)28-25(31)30(22-8-2-1-3-9-22)18-23-10-6-16-29(23)17-19-7-4-5-11-24(19)27/h4-7,10-16,22H,1-3,8-9,17-18H2,(H,28,31). The van der Waals surface area contributed by atoms with Gasteiger partial charge in [-0.15, -0.1) is 0 Å². The zero-order chi connectivity index (χ0) is 21.6. The van der Waals surface area contributed by atoms with E-state index in [4.69, 9.17) is 11.6 Å². The maximum Gasteiger partial charge on any atom is 0.322 e. The van der Waals surface area contributed by atoms with E-state index in [9.17, 15) is 4.79 Å². The number of urea groups is 1. The van der Waals surface area contributed by atoms with E-state index in [0.717, 1.165) is 39.3 Å². The summed E-state index contributed by atoms with van der Waals surface area (Å²) in [6.07, 6.45) is 7.77. The zero-order valence-corrected chi connectivity index (χ0v) is 19.8. The molecule has 0 spiro atoms. The molecule has 1 aromatic heterocycles. The quantitative estimate of drug-likeness (QED) is 0.378. The minimum atomic E-state index is -0.0419. The fourth-order valence-electron chi connectivity index (χ4n) is 4.22. The van der Waals surface area contributed by atoms with Crippen LogP contribution in [0.5, 0.6) is 0 Å². The summed E-state index contributed by atoms with van der Waals surface area (Å²) in [5.74, 6) is 0. The van der Waals surface area contributed by atoms with Crippen molar-refractivity contribution in [1.82, 2.24) is 9.47 Å². The molecule has 1 saturated carbocycles. The van der Waals surface area contributed by atoms with Crippen molar-refractivity contribution < 1.29 is 4.79 Å². The average molecular weight is 501 g/mol. The average Bonchev–Trinajstić information content (AvgIpc) is 3.22. The first kappa shape index (κ1) is 22.0. The van der Waals surface area contributed by atoms with Gasteiger partial charge in [-0.05, 0) is 60.9 Å². The first-order valence-electron chi connectivity index (χ1n) is 10.8. The molecule has 0 bridgehead atoms. The summed E-state index contributed by atoms with van der Waals surface area (Å²) in [5, 5.41) is 3.86. The number of halogens is 2. The summed E-state index contributed by atoms with van der Waals surface area (Å²) in [5.41, 5.74) is 2.99. The molecule has 0 aliphatic heterocycles. The Labute approximate surface area is 197 Å². The highest BCUT2D eigenvalue weighted by molar-refractivity contribution is 9.10. The van der Waals surface area contributed by atoms with Gasteiger partial charge in [-0.3, -0.25) is 0 Å². The highest BCUT2D eigenvalue weighted by Gasteiger charge is 2.26. The molecule has 1 fully saturated rings. The third-order valence-electron chi connectivity index (χ3n) is 5.93. The minimum Gasteiger partial charge on any atom is -0.345 e. The zero-order valence-electron chi connectivity index (χ0n) is 17.4. The van der Waals surface area contributed by atoms with Crippen LogP contribution in [0, 0.1) is 0 Å². The van der Waals surface area contributed by atoms with E-state index in [1.807, 2.05) is 59.5 Å². The molecule has 0 atom stereocenters. The number of nitrogens with zero attached hydrogens (tertiary/aromatic N) is 2. The predicted octanol–water partition coefficient (Wildman–Crippen LogP) is 7.32. The largest absolute Gasteiger partial charge is 0.345 e. The van der Waals surface area contributed by atoms with Crippen molar-refractivity contribution >= 4 is 39.2 Å². The lowest BCUT2D eigenvalue weighted by Crippen LogP contribution is -2.43. The molecular formula is C25H27BrClN3O. The molecule has 1 aliphatic carbocycles. The van der Waals surface area contributed by atoms with Gasteiger partial charge in [-0.2, -0.15) is 0 Å². The van der Waals surface area contributed by atoms with E-state index < -0.39 is 0 Å². The molecule has 31 heavy (non-hydrogen) atoms. The predicted molar refractivity (Wildman–Crippen MR) is 131 cm³/mol. The van der Waals surface area contributed by atoms with Gasteiger partial charge < -0.3 is 14.8 Å². The third-order valence-corrected chi connectivity index (χ3v) is 6.82. The molecular weight excluding hydrogens is 474 g/mol. The number of nitrogens with one attached hydrogen (secondary N) is 1. The van der Waals surface area contributed by atoms with E-state index in [0.29, 0.717) is 13.1 Å². The number of amides is 2. The highest BCUT2D eigenvalue weighted by atomic mass is 79.9. The number of carbonyl (C=O) groups is 1. The normalized spacial score (nSPS) is 14.4. The molecule has 0 radical (unpaired) electrons. The summed E-state index contributed by atoms with van der Waals surface area (Å²) in [4.78, 5) is 15.3. The topological polar surface area (TPSA) is 37.3 Å². The van der Waals surface area contributed by atoms with Gasteiger partial charge >= 0.3 is 6.03 Å². The molecule has 3 aromatic rings. The van der Waals surface area contributed by atoms with Crippen LogP contribution in [-0.2, 0) is 13.1 Å². The van der Waals surface area contributed by atoms with Crippen LogP contribution in [0.2, 0.25) is 5.02 Å². The van der Waals surface area contributed by atoms with Crippen LogP contribution in [0.25, 0.3) is 0 Å². The van der Waals surface area contributed by atoms with E-state index >= 15 is 0 Å². The Bertz CT molecular complexity index is 1010. The molecule has 1 aliphatic rings. The summed E-state index contributed by atoms with van der Waals surface area (Å²) >= 11 is 9.83. The molecule has 1 N–H and O–H groups in total. The van der Waals surface area contributed by atoms with Crippen molar-refractivity contribution in [2.75, 3.05) is 5.32 Å². The van der Waals surface area contributed by atoms with Crippen molar-refractivity contribution in [2.45, 2.75) is 51.2 Å². The summed E-state index contributed by atoms with van der Waals surface area (Å²) in [6.45, 7) is 1.26. The van der Waals surface area contributed by atoms with E-state index in [2.05, 4.69) is 38.1 Å². The molecule has 1 heterocycles. The SMILES string of the molecule is O=C(Nc1ccc(Br)cc1)N(Cc1cccn1Cc1ccccc1Cl)C1CCCCC1. The summed E-state index contributed by atoms with van der Waals surface area (Å²) < 4.78 is 3.18. The molecule has 2 aromatic carbocycles. The number of hydrogen-bond donors (Lipinski definition) is 1. The Balaban J connectivity index is 1.54. The Morgan fingerprint density at radius 2 is 1.77 bits per heavy atom. The molecule has 4 nitrogen and oxygen atoms in total. The molecule has 4 rings (SSSR count). The second-order valence-electron chi connectivity index (χ2n) is 8.08. The number of hydrogen-bond acceptors (Lipinski definition) is 1. The Hall–Kier alpha value is -2.24. The van der Waals surface area contributed by atoms with Crippen LogP contribution in [0.1, 0.15) is 43.4 Å². The summed E-state index contributed by atoms with van der Waals surface area (Å²) in [6, 6.07) is 20.0. The van der Waals surface area contributed by atoms with E-state index in [-0.39, 0.29) is 12.1 Å². The van der Waals surface area contributed by atoms with Gasteiger partial charge in [0.15, 0.2) is 0 Å². The number of carbonyl (C=O) groups excluding carboxylic acids is 1. The smallest absolute Gasteiger partial charge is 0.322 e. The maximum absolute atomic E-state index is 13.3. The molecule has 0 unspecified atom stereocenters. The fourth-order valence-corrected chi connectivity index (χ4v) is 4.68. The molecule has 2 amide bonds. The van der Waals surface area contributed by atoms with Gasteiger partial charge in [-0.25, -0.2) is 4.79 Å². The van der Waals surface area contributed by atoms with Gasteiger partial charge in [0, 0.05) is 39.7 Å². The molecule has 0 saturated heterocycles. The lowest BCUT2D eigenvalue weighted by atomic mass is 9.94. The number of rotatable bonds is 6. The van der Waals surface area contributed by atoms with Crippen molar-refractivity contribution in [2.24, 2.45) is 0 Å². The Morgan fingerprint density at radius 3 is 2.52 bits per heavy atom. The van der Waals surface area contributed by atoms with Crippen molar-refractivity contribution in [3.63, 3.8) is 0 Å². The van der Waals surface area contributed by atoms with E-state index in [1.54, 1.807) is 0 Å². The minimum absolute atomic E-state index is 0.0419. The van der Waals surface area contributed by atoms with Gasteiger partial charge in [-0.1, -0.05) is 65.0 Å². The monoisotopic (exact) mass is 499 g/mol. The third kappa shape index (κ3) is 5.72. The van der Waals surface area contributed by atoms with Crippen LogP contribution in [-0.4, -0.2) is 21.5 Å². The van der Waals surface area contributed by atoms with Crippen LogP contribution in [0.4, 0.5) is 10.5 Å². The first-order valence-corrected chi connectivity index (χ1v) is 12.0.